The summed E-state index contributed by atoms with van der Waals surface area (Å²) in [5, 5.41) is 3.46. The number of carbonyl (C=O) groups is 1. The Bertz CT molecular complexity index is 671. The maximum Gasteiger partial charge on any atom is 0.248 e. The topological polar surface area (TPSA) is 29.1 Å². The summed E-state index contributed by atoms with van der Waals surface area (Å²) < 4.78 is 13.0. The highest BCUT2D eigenvalue weighted by atomic mass is 35.5. The minimum Gasteiger partial charge on any atom is -0.321 e. The van der Waals surface area contributed by atoms with Crippen molar-refractivity contribution in [1.29, 1.82) is 0 Å². The molecular formula is C15H10Cl2FNO. The smallest absolute Gasteiger partial charge is 0.248 e. The minimum absolute atomic E-state index is 0.356. The van der Waals surface area contributed by atoms with Crippen molar-refractivity contribution < 1.29 is 9.18 Å². The zero-order chi connectivity index (χ0) is 14.5. The molecule has 0 spiro atoms. The molecule has 0 fully saturated rings. The number of carbonyl (C=O) groups excluding carboxylic acids is 1. The molecule has 0 aliphatic rings. The van der Waals surface area contributed by atoms with Crippen LogP contribution < -0.4 is 5.32 Å². The molecule has 2 aromatic carbocycles. The van der Waals surface area contributed by atoms with Crippen molar-refractivity contribution in [1.82, 2.24) is 0 Å². The van der Waals surface area contributed by atoms with Gasteiger partial charge in [-0.15, -0.1) is 0 Å². The second kappa shape index (κ2) is 6.55. The molecule has 0 aliphatic carbocycles. The van der Waals surface area contributed by atoms with Gasteiger partial charge in [-0.3, -0.25) is 4.79 Å². The number of halogens is 3. The molecule has 5 heteroatoms. The lowest BCUT2D eigenvalue weighted by molar-refractivity contribution is -0.111. The van der Waals surface area contributed by atoms with Gasteiger partial charge in [0.25, 0.3) is 0 Å². The van der Waals surface area contributed by atoms with Crippen LogP contribution in [0.3, 0.4) is 0 Å². The van der Waals surface area contributed by atoms with Crippen LogP contribution in [0.1, 0.15) is 5.56 Å². The van der Waals surface area contributed by atoms with E-state index < -0.39 is 0 Å². The van der Waals surface area contributed by atoms with Crippen molar-refractivity contribution >= 4 is 40.9 Å². The van der Waals surface area contributed by atoms with Crippen LogP contribution in [-0.4, -0.2) is 5.91 Å². The number of amides is 1. The van der Waals surface area contributed by atoms with Gasteiger partial charge in [0.1, 0.15) is 5.82 Å². The highest BCUT2D eigenvalue weighted by molar-refractivity contribution is 6.35. The van der Waals surface area contributed by atoms with Gasteiger partial charge in [0.05, 0.1) is 10.7 Å². The lowest BCUT2D eigenvalue weighted by Gasteiger charge is -2.05. The van der Waals surface area contributed by atoms with E-state index in [2.05, 4.69) is 5.32 Å². The van der Waals surface area contributed by atoms with Crippen molar-refractivity contribution in [3.05, 3.63) is 70.0 Å². The fourth-order valence-electron chi connectivity index (χ4n) is 1.55. The van der Waals surface area contributed by atoms with Crippen molar-refractivity contribution in [2.24, 2.45) is 0 Å². The Balaban J connectivity index is 2.07. The summed E-state index contributed by atoms with van der Waals surface area (Å²) in [4.78, 5) is 11.7. The monoisotopic (exact) mass is 309 g/mol. The Hall–Kier alpha value is -1.84. The van der Waals surface area contributed by atoms with E-state index in [1.165, 1.54) is 24.3 Å². The SMILES string of the molecule is O=C(/C=C/c1cccc(F)c1)Nc1cc(Cl)ccc1Cl. The van der Waals surface area contributed by atoms with Crippen LogP contribution in [0, 0.1) is 5.82 Å². The highest BCUT2D eigenvalue weighted by Gasteiger charge is 2.04. The van der Waals surface area contributed by atoms with Gasteiger partial charge in [-0.05, 0) is 42.0 Å². The average molecular weight is 310 g/mol. The van der Waals surface area contributed by atoms with E-state index >= 15 is 0 Å². The number of benzene rings is 2. The Kier molecular flexibility index (Phi) is 4.77. The second-order valence-electron chi connectivity index (χ2n) is 4.00. The summed E-state index contributed by atoms with van der Waals surface area (Å²) in [6.45, 7) is 0. The molecule has 0 aromatic heterocycles. The van der Waals surface area contributed by atoms with Gasteiger partial charge < -0.3 is 5.32 Å². The van der Waals surface area contributed by atoms with Gasteiger partial charge >= 0.3 is 0 Å². The minimum atomic E-state index is -0.376. The molecule has 2 aromatic rings. The van der Waals surface area contributed by atoms with E-state index in [4.69, 9.17) is 23.2 Å². The van der Waals surface area contributed by atoms with Crippen molar-refractivity contribution in [2.75, 3.05) is 5.32 Å². The zero-order valence-corrected chi connectivity index (χ0v) is 11.8. The van der Waals surface area contributed by atoms with Crippen LogP contribution in [-0.2, 0) is 4.79 Å². The van der Waals surface area contributed by atoms with Crippen LogP contribution in [0.25, 0.3) is 6.08 Å². The van der Waals surface area contributed by atoms with E-state index in [0.717, 1.165) is 0 Å². The molecule has 0 bridgehead atoms. The third-order valence-electron chi connectivity index (χ3n) is 2.46. The van der Waals surface area contributed by atoms with Gasteiger partial charge in [0, 0.05) is 11.1 Å². The molecule has 2 rings (SSSR count). The second-order valence-corrected chi connectivity index (χ2v) is 4.85. The number of hydrogen-bond donors (Lipinski definition) is 1. The first-order valence-electron chi connectivity index (χ1n) is 5.74. The maximum absolute atomic E-state index is 13.0. The summed E-state index contributed by atoms with van der Waals surface area (Å²) in [5.41, 5.74) is 1.02. The van der Waals surface area contributed by atoms with Crippen LogP contribution in [0.15, 0.2) is 48.5 Å². The fourth-order valence-corrected chi connectivity index (χ4v) is 1.89. The summed E-state index contributed by atoms with van der Waals surface area (Å²) >= 11 is 11.8. The Labute approximate surface area is 125 Å². The normalized spacial score (nSPS) is 10.8. The molecule has 2 nitrogen and oxygen atoms in total. The number of anilines is 1. The largest absolute Gasteiger partial charge is 0.321 e. The summed E-state index contributed by atoms with van der Waals surface area (Å²) in [7, 11) is 0. The van der Waals surface area contributed by atoms with E-state index in [-0.39, 0.29) is 11.7 Å². The molecule has 0 atom stereocenters. The van der Waals surface area contributed by atoms with Crippen molar-refractivity contribution in [2.45, 2.75) is 0 Å². The Morgan fingerprint density at radius 2 is 1.95 bits per heavy atom. The lowest BCUT2D eigenvalue weighted by atomic mass is 10.2. The lowest BCUT2D eigenvalue weighted by Crippen LogP contribution is -2.08. The van der Waals surface area contributed by atoms with Gasteiger partial charge in [-0.2, -0.15) is 0 Å². The average Bonchev–Trinajstić information content (AvgIpc) is 2.41. The van der Waals surface area contributed by atoms with E-state index in [1.807, 2.05) is 0 Å². The molecule has 0 saturated heterocycles. The molecule has 1 N–H and O–H groups in total. The molecular weight excluding hydrogens is 300 g/mol. The van der Waals surface area contributed by atoms with Crippen LogP contribution >= 0.6 is 23.2 Å². The van der Waals surface area contributed by atoms with Crippen LogP contribution in [0.5, 0.6) is 0 Å². The summed E-state index contributed by atoms with van der Waals surface area (Å²) in [6, 6.07) is 10.7. The first-order chi connectivity index (χ1) is 9.54. The molecule has 20 heavy (non-hydrogen) atoms. The third kappa shape index (κ3) is 4.08. The molecule has 0 saturated carbocycles. The predicted molar refractivity (Wildman–Crippen MR) is 80.5 cm³/mol. The first-order valence-corrected chi connectivity index (χ1v) is 6.50. The number of nitrogens with one attached hydrogen (secondary N) is 1. The van der Waals surface area contributed by atoms with Crippen molar-refractivity contribution in [3.8, 4) is 0 Å². The molecule has 102 valence electrons. The summed E-state index contributed by atoms with van der Waals surface area (Å²) in [5.74, 6) is -0.733. The summed E-state index contributed by atoms with van der Waals surface area (Å²) in [6.07, 6.45) is 2.81. The molecule has 0 unspecified atom stereocenters. The maximum atomic E-state index is 13.0. The number of rotatable bonds is 3. The quantitative estimate of drug-likeness (QED) is 0.812. The molecule has 0 radical (unpaired) electrons. The number of hydrogen-bond acceptors (Lipinski definition) is 1. The third-order valence-corrected chi connectivity index (χ3v) is 3.03. The van der Waals surface area contributed by atoms with Crippen LogP contribution in [0.2, 0.25) is 10.0 Å². The van der Waals surface area contributed by atoms with E-state index in [0.29, 0.717) is 21.3 Å². The molecule has 0 heterocycles. The Morgan fingerprint density at radius 1 is 1.15 bits per heavy atom. The molecule has 1 amide bonds. The van der Waals surface area contributed by atoms with Gasteiger partial charge in [-0.1, -0.05) is 35.3 Å². The standard InChI is InChI=1S/C15H10Cl2FNO/c16-11-5-6-13(17)14(9-11)19-15(20)7-4-10-2-1-3-12(18)8-10/h1-9H,(H,19,20)/b7-4+. The van der Waals surface area contributed by atoms with Crippen LogP contribution in [0.4, 0.5) is 10.1 Å². The van der Waals surface area contributed by atoms with Crippen molar-refractivity contribution in [3.63, 3.8) is 0 Å². The van der Waals surface area contributed by atoms with Gasteiger partial charge in [-0.25, -0.2) is 4.39 Å². The van der Waals surface area contributed by atoms with E-state index in [9.17, 15) is 9.18 Å². The highest BCUT2D eigenvalue weighted by Crippen LogP contribution is 2.25. The predicted octanol–water partition coefficient (Wildman–Crippen LogP) is 4.78. The van der Waals surface area contributed by atoms with Gasteiger partial charge in [0.15, 0.2) is 0 Å². The Morgan fingerprint density at radius 3 is 2.70 bits per heavy atom. The molecule has 0 aliphatic heterocycles. The first kappa shape index (κ1) is 14.6. The fraction of sp³-hybridized carbons (Fsp3) is 0. The zero-order valence-electron chi connectivity index (χ0n) is 10.2. The van der Waals surface area contributed by atoms with E-state index in [1.54, 1.807) is 30.3 Å². The van der Waals surface area contributed by atoms with Gasteiger partial charge in [0.2, 0.25) is 5.91 Å².